The van der Waals surface area contributed by atoms with Crippen LogP contribution in [-0.4, -0.2) is 0 Å². The summed E-state index contributed by atoms with van der Waals surface area (Å²) in [6.45, 7) is 6.95. The van der Waals surface area contributed by atoms with E-state index < -0.39 is 0 Å². The maximum atomic E-state index is 2.37. The van der Waals surface area contributed by atoms with Gasteiger partial charge in [0.1, 0.15) is 0 Å². The lowest BCUT2D eigenvalue weighted by Gasteiger charge is -2.26. The molecule has 0 radical (unpaired) electrons. The molecule has 0 saturated heterocycles. The van der Waals surface area contributed by atoms with E-state index >= 15 is 0 Å². The molecule has 0 heteroatoms. The molecule has 52 valence electrons. The molecule has 0 aromatic carbocycles. The summed E-state index contributed by atoms with van der Waals surface area (Å²) in [6.07, 6.45) is 7.32. The van der Waals surface area contributed by atoms with Gasteiger partial charge < -0.3 is 0 Å². The van der Waals surface area contributed by atoms with Gasteiger partial charge in [0.25, 0.3) is 0 Å². The number of rotatable bonds is 1. The van der Waals surface area contributed by atoms with Crippen LogP contribution < -0.4 is 0 Å². The van der Waals surface area contributed by atoms with Crippen molar-refractivity contribution in [2.75, 3.05) is 0 Å². The lowest BCUT2D eigenvalue weighted by molar-refractivity contribution is 0.293. The highest BCUT2D eigenvalue weighted by Gasteiger charge is 2.26. The third-order valence-electron chi connectivity index (χ3n) is 2.67. The average Bonchev–Trinajstić information content (AvgIpc) is 2.16. The van der Waals surface area contributed by atoms with Gasteiger partial charge in [-0.2, -0.15) is 0 Å². The molecule has 0 fully saturated rings. The van der Waals surface area contributed by atoms with Crippen LogP contribution in [-0.2, 0) is 0 Å². The maximum absolute atomic E-state index is 2.37. The normalized spacial score (nSPS) is 34.2. The van der Waals surface area contributed by atoms with E-state index in [0.29, 0.717) is 5.41 Å². The zero-order valence-corrected chi connectivity index (χ0v) is 6.65. The van der Waals surface area contributed by atoms with Crippen LogP contribution in [0.4, 0.5) is 0 Å². The van der Waals surface area contributed by atoms with Crippen molar-refractivity contribution < 1.29 is 0 Å². The Morgan fingerprint density at radius 3 is 2.33 bits per heavy atom. The summed E-state index contributed by atoms with van der Waals surface area (Å²) in [4.78, 5) is 0. The Hall–Kier alpha value is -0.260. The molecule has 0 N–H and O–H groups in total. The quantitative estimate of drug-likeness (QED) is 0.471. The largest absolute Gasteiger partial charge is 0.0879 e. The second kappa shape index (κ2) is 2.17. The van der Waals surface area contributed by atoms with Crippen molar-refractivity contribution in [3.05, 3.63) is 12.2 Å². The highest BCUT2D eigenvalue weighted by molar-refractivity contribution is 5.05. The molecular formula is C9H16. The zero-order chi connectivity index (χ0) is 6.91. The molecular weight excluding hydrogens is 108 g/mol. The fourth-order valence-electron chi connectivity index (χ4n) is 1.31. The Labute approximate surface area is 58.0 Å². The van der Waals surface area contributed by atoms with Gasteiger partial charge in [-0.15, -0.1) is 0 Å². The SMILES string of the molecule is CC(C)C1(C)C=CCC1. The topological polar surface area (TPSA) is 0 Å². The predicted molar refractivity (Wildman–Crippen MR) is 41.3 cm³/mol. The fraction of sp³-hybridized carbons (Fsp3) is 0.778. The van der Waals surface area contributed by atoms with E-state index in [0.717, 1.165) is 5.92 Å². The molecule has 0 heterocycles. The highest BCUT2D eigenvalue weighted by atomic mass is 14.3. The Morgan fingerprint density at radius 1 is 1.44 bits per heavy atom. The Kier molecular flexibility index (Phi) is 1.65. The van der Waals surface area contributed by atoms with Gasteiger partial charge in [0.05, 0.1) is 0 Å². The first-order valence-corrected chi connectivity index (χ1v) is 3.83. The molecule has 0 saturated carbocycles. The third-order valence-corrected chi connectivity index (χ3v) is 2.67. The van der Waals surface area contributed by atoms with E-state index in [1.165, 1.54) is 12.8 Å². The third kappa shape index (κ3) is 1.17. The van der Waals surface area contributed by atoms with Crippen LogP contribution in [0.2, 0.25) is 0 Å². The van der Waals surface area contributed by atoms with Gasteiger partial charge in [-0.1, -0.05) is 32.9 Å². The fourth-order valence-corrected chi connectivity index (χ4v) is 1.31. The van der Waals surface area contributed by atoms with Gasteiger partial charge in [0.15, 0.2) is 0 Å². The van der Waals surface area contributed by atoms with Crippen LogP contribution >= 0.6 is 0 Å². The van der Waals surface area contributed by atoms with Gasteiger partial charge in [-0.3, -0.25) is 0 Å². The van der Waals surface area contributed by atoms with Gasteiger partial charge in [0.2, 0.25) is 0 Å². The van der Waals surface area contributed by atoms with Crippen molar-refractivity contribution in [2.45, 2.75) is 33.6 Å². The molecule has 0 aromatic heterocycles. The summed E-state index contributed by atoms with van der Waals surface area (Å²) in [6, 6.07) is 0. The summed E-state index contributed by atoms with van der Waals surface area (Å²) in [5.74, 6) is 0.802. The van der Waals surface area contributed by atoms with Crippen LogP contribution in [0.1, 0.15) is 33.6 Å². The van der Waals surface area contributed by atoms with Crippen molar-refractivity contribution in [1.29, 1.82) is 0 Å². The Balaban J connectivity index is 2.62. The second-order valence-corrected chi connectivity index (χ2v) is 3.60. The molecule has 1 aliphatic carbocycles. The van der Waals surface area contributed by atoms with Crippen LogP contribution in [0.15, 0.2) is 12.2 Å². The van der Waals surface area contributed by atoms with Crippen LogP contribution in [0.25, 0.3) is 0 Å². The van der Waals surface area contributed by atoms with Crippen LogP contribution in [0.3, 0.4) is 0 Å². The maximum Gasteiger partial charge on any atom is -0.0121 e. The summed E-state index contributed by atoms with van der Waals surface area (Å²) >= 11 is 0. The molecule has 0 aromatic rings. The van der Waals surface area contributed by atoms with Gasteiger partial charge in [-0.05, 0) is 24.2 Å². The molecule has 9 heavy (non-hydrogen) atoms. The van der Waals surface area contributed by atoms with Gasteiger partial charge in [-0.25, -0.2) is 0 Å². The van der Waals surface area contributed by atoms with Gasteiger partial charge in [0, 0.05) is 0 Å². The van der Waals surface area contributed by atoms with E-state index in [1.807, 2.05) is 0 Å². The smallest absolute Gasteiger partial charge is 0.0121 e. The van der Waals surface area contributed by atoms with E-state index in [9.17, 15) is 0 Å². The van der Waals surface area contributed by atoms with E-state index in [2.05, 4.69) is 32.9 Å². The molecule has 0 amide bonds. The molecule has 0 bridgehead atoms. The van der Waals surface area contributed by atoms with Crippen molar-refractivity contribution in [2.24, 2.45) is 11.3 Å². The molecule has 0 aliphatic heterocycles. The number of allylic oxidation sites excluding steroid dienone is 2. The van der Waals surface area contributed by atoms with E-state index in [4.69, 9.17) is 0 Å². The predicted octanol–water partition coefficient (Wildman–Crippen LogP) is 3.00. The Morgan fingerprint density at radius 2 is 2.11 bits per heavy atom. The minimum atomic E-state index is 0.514. The standard InChI is InChI=1S/C9H16/c1-8(2)9(3)6-4-5-7-9/h4,6,8H,5,7H2,1-3H3. The lowest BCUT2D eigenvalue weighted by Crippen LogP contribution is -2.17. The molecule has 1 aliphatic rings. The first-order valence-electron chi connectivity index (χ1n) is 3.83. The van der Waals surface area contributed by atoms with Crippen molar-refractivity contribution in [3.63, 3.8) is 0 Å². The summed E-state index contributed by atoms with van der Waals surface area (Å²) in [5, 5.41) is 0. The molecule has 1 rings (SSSR count). The molecule has 1 unspecified atom stereocenters. The van der Waals surface area contributed by atoms with Gasteiger partial charge >= 0.3 is 0 Å². The first-order chi connectivity index (χ1) is 4.15. The summed E-state index contributed by atoms with van der Waals surface area (Å²) in [7, 11) is 0. The lowest BCUT2D eigenvalue weighted by atomic mass is 9.79. The molecule has 1 atom stereocenters. The van der Waals surface area contributed by atoms with Crippen LogP contribution in [0, 0.1) is 11.3 Å². The first kappa shape index (κ1) is 6.85. The van der Waals surface area contributed by atoms with E-state index in [-0.39, 0.29) is 0 Å². The molecule has 0 spiro atoms. The molecule has 0 nitrogen and oxygen atoms in total. The minimum Gasteiger partial charge on any atom is -0.0879 e. The summed E-state index contributed by atoms with van der Waals surface area (Å²) < 4.78 is 0. The van der Waals surface area contributed by atoms with E-state index in [1.54, 1.807) is 0 Å². The zero-order valence-electron chi connectivity index (χ0n) is 6.65. The monoisotopic (exact) mass is 124 g/mol. The average molecular weight is 124 g/mol. The van der Waals surface area contributed by atoms with Crippen molar-refractivity contribution >= 4 is 0 Å². The second-order valence-electron chi connectivity index (χ2n) is 3.60. The van der Waals surface area contributed by atoms with Crippen molar-refractivity contribution in [3.8, 4) is 0 Å². The van der Waals surface area contributed by atoms with Crippen LogP contribution in [0.5, 0.6) is 0 Å². The van der Waals surface area contributed by atoms with Crippen molar-refractivity contribution in [1.82, 2.24) is 0 Å². The Bertz CT molecular complexity index is 122. The highest BCUT2D eigenvalue weighted by Crippen LogP contribution is 2.38. The number of hydrogen-bond donors (Lipinski definition) is 0. The minimum absolute atomic E-state index is 0.514. The number of hydrogen-bond acceptors (Lipinski definition) is 0. The summed E-state index contributed by atoms with van der Waals surface area (Å²) in [5.41, 5.74) is 0.514.